The molecule has 0 amide bonds. The Balaban J connectivity index is 0.808. The fourth-order valence-corrected chi connectivity index (χ4v) is 11.7. The third kappa shape index (κ3) is 6.78. The SMILES string of the molecule is c1cc(-c2ccc(-c3ccc(-c4cc(-c5ccc6ccccc6c5)cc5c4sc4ccc(-c6ccc7ccccc7c6)cc45)cc3)cc2)cc(-c2cnc3c4ccccc4c4ccccc4c3n2)c1. The van der Waals surface area contributed by atoms with Crippen LogP contribution in [-0.4, -0.2) is 9.97 Å². The van der Waals surface area contributed by atoms with E-state index in [1.54, 1.807) is 0 Å². The minimum Gasteiger partial charge on any atom is -0.252 e. The highest BCUT2D eigenvalue weighted by Gasteiger charge is 2.17. The molecule has 0 aliphatic carbocycles. The minimum absolute atomic E-state index is 0.864. The van der Waals surface area contributed by atoms with E-state index in [0.717, 1.165) is 44.2 Å². The van der Waals surface area contributed by atoms with E-state index >= 15 is 0 Å². The van der Waals surface area contributed by atoms with Gasteiger partial charge in [-0.1, -0.05) is 194 Å². The van der Waals surface area contributed by atoms with Crippen LogP contribution in [0.25, 0.3) is 141 Å². The smallest absolute Gasteiger partial charge is 0.0979 e. The Labute approximate surface area is 403 Å². The number of aromatic nitrogens is 2. The van der Waals surface area contributed by atoms with Gasteiger partial charge in [-0.2, -0.15) is 0 Å². The van der Waals surface area contributed by atoms with Crippen molar-refractivity contribution < 1.29 is 0 Å². The summed E-state index contributed by atoms with van der Waals surface area (Å²) < 4.78 is 2.60. The van der Waals surface area contributed by atoms with E-state index in [4.69, 9.17) is 9.97 Å². The fraction of sp³-hybridized carbons (Fsp3) is 0. The number of hydrogen-bond acceptors (Lipinski definition) is 3. The topological polar surface area (TPSA) is 25.8 Å². The second-order valence-electron chi connectivity index (χ2n) is 18.1. The van der Waals surface area contributed by atoms with Gasteiger partial charge in [0.15, 0.2) is 0 Å². The lowest BCUT2D eigenvalue weighted by Gasteiger charge is -2.12. The van der Waals surface area contributed by atoms with E-state index in [9.17, 15) is 0 Å². The molecule has 0 aliphatic heterocycles. The number of hydrogen-bond donors (Lipinski definition) is 0. The lowest BCUT2D eigenvalue weighted by molar-refractivity contribution is 1.31. The van der Waals surface area contributed by atoms with E-state index in [1.807, 2.05) is 17.5 Å². The molecule has 2 nitrogen and oxygen atoms in total. The van der Waals surface area contributed by atoms with Gasteiger partial charge in [0.2, 0.25) is 0 Å². The van der Waals surface area contributed by atoms with Gasteiger partial charge >= 0.3 is 0 Å². The highest BCUT2D eigenvalue weighted by atomic mass is 32.1. The van der Waals surface area contributed by atoms with Crippen molar-refractivity contribution in [2.24, 2.45) is 0 Å². The number of rotatable bonds is 6. The van der Waals surface area contributed by atoms with Crippen molar-refractivity contribution in [3.63, 3.8) is 0 Å². The van der Waals surface area contributed by atoms with E-state index in [0.29, 0.717) is 0 Å². The molecule has 0 unspecified atom stereocenters. The second kappa shape index (κ2) is 16.0. The highest BCUT2D eigenvalue weighted by Crippen LogP contribution is 2.45. The summed E-state index contributed by atoms with van der Waals surface area (Å²) in [6.07, 6.45) is 1.92. The molecular formula is C66H40N2S. The summed E-state index contributed by atoms with van der Waals surface area (Å²) >= 11 is 1.89. The average molecular weight is 893 g/mol. The Morgan fingerprint density at radius 3 is 1.42 bits per heavy atom. The molecular weight excluding hydrogens is 853 g/mol. The van der Waals surface area contributed by atoms with E-state index < -0.39 is 0 Å². The zero-order chi connectivity index (χ0) is 45.4. The Morgan fingerprint density at radius 1 is 0.275 bits per heavy atom. The van der Waals surface area contributed by atoms with Crippen LogP contribution in [0.15, 0.2) is 243 Å². The van der Waals surface area contributed by atoms with E-state index in [-0.39, 0.29) is 0 Å². The van der Waals surface area contributed by atoms with Gasteiger partial charge in [-0.25, -0.2) is 4.98 Å². The zero-order valence-electron chi connectivity index (χ0n) is 37.4. The molecule has 3 heteroatoms. The van der Waals surface area contributed by atoms with Gasteiger partial charge in [0.1, 0.15) is 0 Å². The van der Waals surface area contributed by atoms with Crippen LogP contribution in [0.1, 0.15) is 0 Å². The molecule has 0 atom stereocenters. The molecule has 320 valence electrons. The lowest BCUT2D eigenvalue weighted by Crippen LogP contribution is -1.92. The molecule has 0 spiro atoms. The average Bonchev–Trinajstić information content (AvgIpc) is 3.80. The highest BCUT2D eigenvalue weighted by molar-refractivity contribution is 7.26. The van der Waals surface area contributed by atoms with Crippen LogP contribution in [-0.2, 0) is 0 Å². The molecule has 2 aromatic heterocycles. The number of thiophene rings is 1. The van der Waals surface area contributed by atoms with Crippen molar-refractivity contribution in [2.75, 3.05) is 0 Å². The maximum atomic E-state index is 5.26. The maximum Gasteiger partial charge on any atom is 0.0979 e. The molecule has 0 fully saturated rings. The molecule has 2 heterocycles. The van der Waals surface area contributed by atoms with Gasteiger partial charge in [-0.05, 0) is 125 Å². The van der Waals surface area contributed by atoms with Crippen LogP contribution in [0, 0.1) is 0 Å². The Hall–Kier alpha value is -8.76. The normalized spacial score (nSPS) is 11.8. The Bertz CT molecular complexity index is 4320. The number of fused-ring (bicyclic) bond motifs is 11. The molecule has 69 heavy (non-hydrogen) atoms. The predicted molar refractivity (Wildman–Crippen MR) is 295 cm³/mol. The Kier molecular flexibility index (Phi) is 9.11. The van der Waals surface area contributed by atoms with Crippen molar-refractivity contribution in [1.29, 1.82) is 0 Å². The van der Waals surface area contributed by atoms with Crippen molar-refractivity contribution >= 4 is 85.6 Å². The largest absolute Gasteiger partial charge is 0.252 e. The van der Waals surface area contributed by atoms with Crippen molar-refractivity contribution in [3.05, 3.63) is 243 Å². The first-order chi connectivity index (χ1) is 34.1. The second-order valence-corrected chi connectivity index (χ2v) is 19.2. The molecule has 0 N–H and O–H groups in total. The summed E-state index contributed by atoms with van der Waals surface area (Å²) in [5.74, 6) is 0. The van der Waals surface area contributed by atoms with Gasteiger partial charge in [-0.15, -0.1) is 11.3 Å². The molecule has 0 bridgehead atoms. The first-order valence-electron chi connectivity index (χ1n) is 23.5. The minimum atomic E-state index is 0.864. The third-order valence-corrected chi connectivity index (χ3v) is 15.3. The zero-order valence-corrected chi connectivity index (χ0v) is 38.2. The predicted octanol–water partition coefficient (Wildman–Crippen LogP) is 18.6. The summed E-state index contributed by atoms with van der Waals surface area (Å²) in [4.78, 5) is 10.3. The van der Waals surface area contributed by atoms with Gasteiger partial charge in [0.25, 0.3) is 0 Å². The summed E-state index contributed by atoms with van der Waals surface area (Å²) in [7, 11) is 0. The first kappa shape index (κ1) is 39.4. The van der Waals surface area contributed by atoms with Crippen LogP contribution in [0.2, 0.25) is 0 Å². The van der Waals surface area contributed by atoms with Gasteiger partial charge in [0, 0.05) is 42.1 Å². The maximum absolute atomic E-state index is 5.26. The lowest BCUT2D eigenvalue weighted by atomic mass is 9.93. The van der Waals surface area contributed by atoms with Crippen molar-refractivity contribution in [1.82, 2.24) is 9.97 Å². The Morgan fingerprint density at radius 2 is 0.754 bits per heavy atom. The van der Waals surface area contributed by atoms with Gasteiger partial charge in [-0.3, -0.25) is 4.98 Å². The summed E-state index contributed by atoms with van der Waals surface area (Å²) in [5.41, 5.74) is 15.8. The molecule has 0 aliphatic rings. The van der Waals surface area contributed by atoms with Crippen LogP contribution in [0.3, 0.4) is 0 Å². The van der Waals surface area contributed by atoms with E-state index in [2.05, 4.69) is 237 Å². The van der Waals surface area contributed by atoms with Crippen LogP contribution >= 0.6 is 11.3 Å². The van der Waals surface area contributed by atoms with E-state index in [1.165, 1.54) is 97.0 Å². The monoisotopic (exact) mass is 892 g/mol. The molecule has 14 rings (SSSR count). The van der Waals surface area contributed by atoms with Crippen molar-refractivity contribution in [3.8, 4) is 66.9 Å². The quantitative estimate of drug-likeness (QED) is 0.155. The van der Waals surface area contributed by atoms with Crippen LogP contribution < -0.4 is 0 Å². The summed E-state index contributed by atoms with van der Waals surface area (Å²) in [6, 6.07) is 86.4. The number of benzene rings is 12. The standard InChI is InChI=1S/C66H40N2S/c1-3-12-47-34-50(30-26-41(47)10-1)52-32-33-63-60(37-52)61-39-54(51-31-27-42-11-2-4-13-48(42)35-51)38-59(66(61)69-63)46-28-24-44(25-29-46)43-20-22-45(23-21-43)49-14-9-15-53(36-49)62-40-67-64-57-18-7-5-16-55(57)56-17-6-8-19-58(56)65(64)68-62/h1-40H. The third-order valence-electron chi connectivity index (χ3n) is 14.1. The van der Waals surface area contributed by atoms with Crippen LogP contribution in [0.5, 0.6) is 0 Å². The molecule has 0 saturated carbocycles. The van der Waals surface area contributed by atoms with Gasteiger partial charge < -0.3 is 0 Å². The molecule has 12 aromatic carbocycles. The van der Waals surface area contributed by atoms with Gasteiger partial charge in [0.05, 0.1) is 22.9 Å². The summed E-state index contributed by atoms with van der Waals surface area (Å²) in [6.45, 7) is 0. The first-order valence-corrected chi connectivity index (χ1v) is 24.3. The van der Waals surface area contributed by atoms with Crippen molar-refractivity contribution in [2.45, 2.75) is 0 Å². The summed E-state index contributed by atoms with van der Waals surface area (Å²) in [5, 5.41) is 12.2. The fourth-order valence-electron chi connectivity index (χ4n) is 10.5. The molecule has 0 saturated heterocycles. The molecule has 14 aromatic rings. The molecule has 0 radical (unpaired) electrons. The van der Waals surface area contributed by atoms with Crippen LogP contribution in [0.4, 0.5) is 0 Å². The number of nitrogens with zero attached hydrogens (tertiary/aromatic N) is 2.